The minimum atomic E-state index is -4.64. The number of pyridine rings is 2. The van der Waals surface area contributed by atoms with Gasteiger partial charge in [-0.15, -0.1) is 0 Å². The second kappa shape index (κ2) is 9.45. The maximum absolute atomic E-state index is 13.5. The van der Waals surface area contributed by atoms with Crippen molar-refractivity contribution in [2.24, 2.45) is 0 Å². The zero-order chi connectivity index (χ0) is 25.2. The highest BCUT2D eigenvalue weighted by molar-refractivity contribution is 5.90. The first-order chi connectivity index (χ1) is 16.6. The number of ether oxygens (including phenoxy) is 1. The largest absolute Gasteiger partial charge is 0.418 e. The number of fused-ring (bicyclic) bond motifs is 1. The molecular weight excluding hydrogens is 476 g/mol. The lowest BCUT2D eigenvalue weighted by atomic mass is 10.1. The van der Waals surface area contributed by atoms with Gasteiger partial charge in [0.25, 0.3) is 0 Å². The SMILES string of the molecule is CCOCc1nc(Nc2ccc(C(F)(F)F)cc2)c2ccc(-c3ncccc3C(F)(F)F)nc2n1. The zero-order valence-electron chi connectivity index (χ0n) is 18.1. The molecule has 12 heteroatoms. The number of hydrogen-bond acceptors (Lipinski definition) is 6. The lowest BCUT2D eigenvalue weighted by Crippen LogP contribution is -2.09. The summed E-state index contributed by atoms with van der Waals surface area (Å²) >= 11 is 0. The molecule has 0 aliphatic heterocycles. The normalized spacial score (nSPS) is 12.2. The molecule has 0 bridgehead atoms. The lowest BCUT2D eigenvalue weighted by molar-refractivity contribution is -0.138. The number of hydrogen-bond donors (Lipinski definition) is 1. The van der Waals surface area contributed by atoms with E-state index in [9.17, 15) is 26.3 Å². The molecule has 0 radical (unpaired) electrons. The molecule has 0 spiro atoms. The van der Waals surface area contributed by atoms with Gasteiger partial charge >= 0.3 is 12.4 Å². The van der Waals surface area contributed by atoms with Crippen LogP contribution in [0, 0.1) is 0 Å². The van der Waals surface area contributed by atoms with Crippen LogP contribution in [0.5, 0.6) is 0 Å². The third-order valence-electron chi connectivity index (χ3n) is 4.87. The summed E-state index contributed by atoms with van der Waals surface area (Å²) in [6, 6.07) is 9.24. The Kier molecular flexibility index (Phi) is 6.57. The van der Waals surface area contributed by atoms with E-state index >= 15 is 0 Å². The highest BCUT2D eigenvalue weighted by Crippen LogP contribution is 2.36. The fourth-order valence-electron chi connectivity index (χ4n) is 3.26. The number of halogens is 6. The first kappa shape index (κ1) is 24.3. The zero-order valence-corrected chi connectivity index (χ0v) is 18.1. The van der Waals surface area contributed by atoms with Gasteiger partial charge in [0.05, 0.1) is 22.2 Å². The smallest absolute Gasteiger partial charge is 0.374 e. The number of alkyl halides is 6. The number of anilines is 2. The predicted octanol–water partition coefficient (Wildman–Crippen LogP) is 6.40. The molecule has 0 aliphatic rings. The van der Waals surface area contributed by atoms with E-state index in [1.807, 2.05) is 0 Å². The minimum absolute atomic E-state index is 0.00255. The molecule has 4 rings (SSSR count). The van der Waals surface area contributed by atoms with E-state index in [1.54, 1.807) is 6.92 Å². The Morgan fingerprint density at radius 2 is 1.60 bits per heavy atom. The molecule has 1 N–H and O–H groups in total. The van der Waals surface area contributed by atoms with Crippen molar-refractivity contribution in [2.75, 3.05) is 11.9 Å². The molecule has 4 aromatic rings. The van der Waals surface area contributed by atoms with Gasteiger partial charge in [0.1, 0.15) is 18.1 Å². The monoisotopic (exact) mass is 493 g/mol. The maximum atomic E-state index is 13.5. The number of nitrogens with zero attached hydrogens (tertiary/aromatic N) is 4. The average Bonchev–Trinajstić information content (AvgIpc) is 2.81. The number of benzene rings is 1. The van der Waals surface area contributed by atoms with Gasteiger partial charge < -0.3 is 10.1 Å². The first-order valence-corrected chi connectivity index (χ1v) is 10.3. The van der Waals surface area contributed by atoms with Crippen LogP contribution in [0.2, 0.25) is 0 Å². The van der Waals surface area contributed by atoms with Crippen molar-refractivity contribution < 1.29 is 31.1 Å². The summed E-state index contributed by atoms with van der Waals surface area (Å²) in [6.45, 7) is 2.12. The molecule has 1 aromatic carbocycles. The van der Waals surface area contributed by atoms with Gasteiger partial charge in [-0.2, -0.15) is 26.3 Å². The highest BCUT2D eigenvalue weighted by atomic mass is 19.4. The van der Waals surface area contributed by atoms with E-state index in [4.69, 9.17) is 4.74 Å². The van der Waals surface area contributed by atoms with Crippen molar-refractivity contribution in [2.45, 2.75) is 25.9 Å². The van der Waals surface area contributed by atoms with Crippen molar-refractivity contribution in [1.29, 1.82) is 0 Å². The Labute approximate surface area is 195 Å². The standard InChI is InChI=1S/C23H17F6N5O/c1-2-35-12-18-33-20(31-14-7-5-13(6-8-14)22(24,25)26)15-9-10-17(32-21(15)34-18)19-16(23(27,28)29)4-3-11-30-19/h3-11H,2,12H2,1H3,(H,31,32,33,34). The van der Waals surface area contributed by atoms with Crippen LogP contribution < -0.4 is 5.32 Å². The summed E-state index contributed by atoms with van der Waals surface area (Å²) in [5.74, 6) is 0.399. The Balaban J connectivity index is 1.78. The van der Waals surface area contributed by atoms with Crippen LogP contribution >= 0.6 is 0 Å². The van der Waals surface area contributed by atoms with Crippen LogP contribution in [0.4, 0.5) is 37.8 Å². The quantitative estimate of drug-likeness (QED) is 0.313. The van der Waals surface area contributed by atoms with Crippen molar-refractivity contribution in [3.8, 4) is 11.4 Å². The van der Waals surface area contributed by atoms with Gasteiger partial charge in [-0.3, -0.25) is 4.98 Å². The topological polar surface area (TPSA) is 72.8 Å². The molecule has 0 atom stereocenters. The highest BCUT2D eigenvalue weighted by Gasteiger charge is 2.34. The molecule has 0 aliphatic carbocycles. The van der Waals surface area contributed by atoms with E-state index in [2.05, 4.69) is 25.3 Å². The Morgan fingerprint density at radius 3 is 2.26 bits per heavy atom. The van der Waals surface area contributed by atoms with Crippen LogP contribution in [0.1, 0.15) is 23.9 Å². The third kappa shape index (κ3) is 5.48. The van der Waals surface area contributed by atoms with Gasteiger partial charge in [0, 0.05) is 18.5 Å². The van der Waals surface area contributed by atoms with Crippen LogP contribution in [0.25, 0.3) is 22.4 Å². The lowest BCUT2D eigenvalue weighted by Gasteiger charge is -2.14. The molecule has 0 unspecified atom stereocenters. The van der Waals surface area contributed by atoms with Gasteiger partial charge in [-0.25, -0.2) is 15.0 Å². The molecular formula is C23H17F6N5O. The maximum Gasteiger partial charge on any atom is 0.418 e. The molecule has 6 nitrogen and oxygen atoms in total. The number of rotatable bonds is 6. The second-order valence-corrected chi connectivity index (χ2v) is 7.29. The summed E-state index contributed by atoms with van der Waals surface area (Å²) in [4.78, 5) is 16.8. The van der Waals surface area contributed by atoms with Crippen molar-refractivity contribution in [1.82, 2.24) is 19.9 Å². The van der Waals surface area contributed by atoms with Crippen molar-refractivity contribution in [3.05, 3.63) is 71.7 Å². The number of aromatic nitrogens is 4. The molecule has 35 heavy (non-hydrogen) atoms. The van der Waals surface area contributed by atoms with Gasteiger partial charge in [0.2, 0.25) is 0 Å². The Morgan fingerprint density at radius 1 is 0.857 bits per heavy atom. The van der Waals surface area contributed by atoms with Crippen LogP contribution in [-0.4, -0.2) is 26.5 Å². The summed E-state index contributed by atoms with van der Waals surface area (Å²) < 4.78 is 84.3. The Bertz CT molecular complexity index is 1340. The molecule has 0 amide bonds. The van der Waals surface area contributed by atoms with Gasteiger partial charge in [-0.05, 0) is 55.5 Å². The van der Waals surface area contributed by atoms with Crippen LogP contribution in [0.3, 0.4) is 0 Å². The average molecular weight is 493 g/mol. The van der Waals surface area contributed by atoms with Gasteiger partial charge in [0.15, 0.2) is 11.5 Å². The summed E-state index contributed by atoms with van der Waals surface area (Å²) in [5, 5.41) is 3.27. The van der Waals surface area contributed by atoms with E-state index in [0.717, 1.165) is 18.2 Å². The van der Waals surface area contributed by atoms with Crippen LogP contribution in [0.15, 0.2) is 54.7 Å². The van der Waals surface area contributed by atoms with E-state index in [1.165, 1.54) is 36.5 Å². The molecule has 0 saturated heterocycles. The molecule has 182 valence electrons. The van der Waals surface area contributed by atoms with Crippen molar-refractivity contribution in [3.63, 3.8) is 0 Å². The molecule has 0 saturated carbocycles. The molecule has 3 aromatic heterocycles. The predicted molar refractivity (Wildman–Crippen MR) is 116 cm³/mol. The Hall–Kier alpha value is -3.80. The van der Waals surface area contributed by atoms with Crippen molar-refractivity contribution >= 4 is 22.5 Å². The summed E-state index contributed by atoms with van der Waals surface area (Å²) in [7, 11) is 0. The van der Waals surface area contributed by atoms with E-state index in [0.29, 0.717) is 17.7 Å². The summed E-state index contributed by atoms with van der Waals surface area (Å²) in [5.41, 5.74) is -1.78. The number of nitrogens with one attached hydrogen (secondary N) is 1. The molecule has 3 heterocycles. The van der Waals surface area contributed by atoms with E-state index < -0.39 is 23.5 Å². The van der Waals surface area contributed by atoms with Gasteiger partial charge in [-0.1, -0.05) is 0 Å². The minimum Gasteiger partial charge on any atom is -0.374 e. The second-order valence-electron chi connectivity index (χ2n) is 7.29. The molecule has 0 fully saturated rings. The fraction of sp³-hybridized carbons (Fsp3) is 0.217. The fourth-order valence-corrected chi connectivity index (χ4v) is 3.26. The first-order valence-electron chi connectivity index (χ1n) is 10.3. The van der Waals surface area contributed by atoms with Crippen LogP contribution in [-0.2, 0) is 23.7 Å². The third-order valence-corrected chi connectivity index (χ3v) is 4.87. The van der Waals surface area contributed by atoms with E-state index in [-0.39, 0.29) is 35.3 Å². The summed E-state index contributed by atoms with van der Waals surface area (Å²) in [6.07, 6.45) is -7.89.